The lowest BCUT2D eigenvalue weighted by Gasteiger charge is -2.15. The van der Waals surface area contributed by atoms with Crippen LogP contribution in [0.15, 0.2) is 46.6 Å². The summed E-state index contributed by atoms with van der Waals surface area (Å²) >= 11 is 0. The second-order valence-electron chi connectivity index (χ2n) is 7.95. The lowest BCUT2D eigenvalue weighted by Crippen LogP contribution is -2.19. The second kappa shape index (κ2) is 16.5. The monoisotopic (exact) mass is 438 g/mol. The predicted octanol–water partition coefficient (Wildman–Crippen LogP) is 3.17. The molecule has 0 fully saturated rings. The van der Waals surface area contributed by atoms with Gasteiger partial charge in [0.2, 0.25) is 0 Å². The molecule has 0 radical (unpaired) electrons. The van der Waals surface area contributed by atoms with E-state index in [0.717, 1.165) is 11.1 Å². The normalized spacial score (nSPS) is 13.9. The van der Waals surface area contributed by atoms with Gasteiger partial charge in [0.1, 0.15) is 6.61 Å². The van der Waals surface area contributed by atoms with E-state index < -0.39 is 23.8 Å². The first-order chi connectivity index (χ1) is 14.6. The number of esters is 1. The third-order valence-corrected chi connectivity index (χ3v) is 4.52. The van der Waals surface area contributed by atoms with Crippen LogP contribution >= 0.6 is 0 Å². The van der Waals surface area contributed by atoms with Crippen LogP contribution in [0.3, 0.4) is 0 Å². The number of allylic oxidation sites excluding steroid dienone is 4. The van der Waals surface area contributed by atoms with E-state index in [1.807, 2.05) is 39.8 Å². The molecule has 0 spiro atoms. The Hall–Kier alpha value is -2.22. The molecule has 0 aromatic rings. The van der Waals surface area contributed by atoms with Gasteiger partial charge in [-0.05, 0) is 64.5 Å². The molecule has 0 saturated heterocycles. The molecule has 0 aromatic carbocycles. The van der Waals surface area contributed by atoms with Crippen LogP contribution in [-0.4, -0.2) is 58.8 Å². The van der Waals surface area contributed by atoms with Crippen LogP contribution in [0.1, 0.15) is 53.4 Å². The minimum atomic E-state index is -0.986. The van der Waals surface area contributed by atoms with Gasteiger partial charge in [0, 0.05) is 13.2 Å². The summed E-state index contributed by atoms with van der Waals surface area (Å²) < 4.78 is 5.44. The molecule has 0 rings (SSSR count). The Morgan fingerprint density at radius 3 is 1.74 bits per heavy atom. The highest BCUT2D eigenvalue weighted by molar-refractivity contribution is 5.75. The number of aliphatic carboxylic acids is 1. The van der Waals surface area contributed by atoms with E-state index in [0.29, 0.717) is 24.0 Å². The lowest BCUT2D eigenvalue weighted by molar-refractivity contribution is -0.145. The minimum absolute atomic E-state index is 0.119. The van der Waals surface area contributed by atoms with Gasteiger partial charge in [0.25, 0.3) is 0 Å². The van der Waals surface area contributed by atoms with E-state index >= 15 is 0 Å². The number of rotatable bonds is 15. The van der Waals surface area contributed by atoms with Crippen LogP contribution in [-0.2, 0) is 14.3 Å². The SMILES string of the molecule is CC(C)=CC[C@@H](C=C(CCO)COC(=O)[C@H](C=C(CO)CCO)CC=C(C)C)C(=O)O. The molecule has 0 unspecified atom stereocenters. The number of aliphatic hydroxyl groups excluding tert-OH is 3. The van der Waals surface area contributed by atoms with Crippen molar-refractivity contribution in [2.45, 2.75) is 53.4 Å². The topological polar surface area (TPSA) is 124 Å². The first-order valence-corrected chi connectivity index (χ1v) is 10.5. The minimum Gasteiger partial charge on any atom is -0.481 e. The van der Waals surface area contributed by atoms with Gasteiger partial charge in [-0.3, -0.25) is 9.59 Å². The van der Waals surface area contributed by atoms with Gasteiger partial charge in [0.15, 0.2) is 0 Å². The highest BCUT2D eigenvalue weighted by Gasteiger charge is 2.19. The van der Waals surface area contributed by atoms with Crippen LogP contribution in [0.5, 0.6) is 0 Å². The molecule has 4 N–H and O–H groups in total. The number of ether oxygens (including phenoxy) is 1. The van der Waals surface area contributed by atoms with Crippen molar-refractivity contribution in [3.05, 3.63) is 46.6 Å². The summed E-state index contributed by atoms with van der Waals surface area (Å²) in [6, 6.07) is 0. The molecular formula is C24H38O7. The van der Waals surface area contributed by atoms with E-state index in [9.17, 15) is 24.9 Å². The molecule has 0 aliphatic rings. The van der Waals surface area contributed by atoms with Crippen molar-refractivity contribution in [3.63, 3.8) is 0 Å². The molecule has 0 aliphatic carbocycles. The number of hydrogen-bond donors (Lipinski definition) is 4. The van der Waals surface area contributed by atoms with Crippen molar-refractivity contribution >= 4 is 11.9 Å². The molecule has 31 heavy (non-hydrogen) atoms. The average Bonchev–Trinajstić information content (AvgIpc) is 2.70. The van der Waals surface area contributed by atoms with Gasteiger partial charge in [-0.2, -0.15) is 0 Å². The van der Waals surface area contributed by atoms with Crippen molar-refractivity contribution in [2.75, 3.05) is 26.4 Å². The second-order valence-corrected chi connectivity index (χ2v) is 7.95. The number of aliphatic hydroxyl groups is 3. The summed E-state index contributed by atoms with van der Waals surface area (Å²) in [4.78, 5) is 24.3. The molecule has 0 heterocycles. The van der Waals surface area contributed by atoms with E-state index in [-0.39, 0.29) is 39.3 Å². The Bertz CT molecular complexity index is 678. The number of carbonyl (C=O) groups excluding carboxylic acids is 1. The summed E-state index contributed by atoms with van der Waals surface area (Å²) in [5.41, 5.74) is 3.12. The Labute approximate surface area is 185 Å². The van der Waals surface area contributed by atoms with E-state index in [4.69, 9.17) is 9.84 Å². The lowest BCUT2D eigenvalue weighted by atomic mass is 9.98. The largest absolute Gasteiger partial charge is 0.481 e. The first kappa shape index (κ1) is 28.8. The number of carboxylic acid groups (broad SMARTS) is 1. The predicted molar refractivity (Wildman–Crippen MR) is 120 cm³/mol. The zero-order valence-corrected chi connectivity index (χ0v) is 19.1. The molecule has 2 atom stereocenters. The van der Waals surface area contributed by atoms with Crippen molar-refractivity contribution in [1.82, 2.24) is 0 Å². The maximum absolute atomic E-state index is 12.7. The Balaban J connectivity index is 5.49. The third-order valence-electron chi connectivity index (χ3n) is 4.52. The van der Waals surface area contributed by atoms with Crippen LogP contribution < -0.4 is 0 Å². The van der Waals surface area contributed by atoms with Gasteiger partial charge in [-0.15, -0.1) is 0 Å². The van der Waals surface area contributed by atoms with E-state index in [1.54, 1.807) is 6.08 Å². The number of hydrogen-bond acceptors (Lipinski definition) is 6. The zero-order valence-electron chi connectivity index (χ0n) is 19.1. The van der Waals surface area contributed by atoms with Crippen LogP contribution in [0, 0.1) is 11.8 Å². The smallest absolute Gasteiger partial charge is 0.313 e. The van der Waals surface area contributed by atoms with Crippen LogP contribution in [0.4, 0.5) is 0 Å². The van der Waals surface area contributed by atoms with Gasteiger partial charge in [-0.25, -0.2) is 0 Å². The summed E-state index contributed by atoms with van der Waals surface area (Å²) in [5, 5.41) is 37.4. The Kier molecular flexibility index (Phi) is 15.3. The molecule has 0 aromatic heterocycles. The highest BCUT2D eigenvalue weighted by Crippen LogP contribution is 2.18. The first-order valence-electron chi connectivity index (χ1n) is 10.5. The van der Waals surface area contributed by atoms with Gasteiger partial charge < -0.3 is 25.2 Å². The molecule has 0 amide bonds. The average molecular weight is 439 g/mol. The van der Waals surface area contributed by atoms with Gasteiger partial charge in [-0.1, -0.05) is 35.5 Å². The van der Waals surface area contributed by atoms with Crippen LogP contribution in [0.25, 0.3) is 0 Å². The van der Waals surface area contributed by atoms with Gasteiger partial charge >= 0.3 is 11.9 Å². The molecular weight excluding hydrogens is 400 g/mol. The Morgan fingerprint density at radius 2 is 1.29 bits per heavy atom. The number of carbonyl (C=O) groups is 2. The summed E-state index contributed by atoms with van der Waals surface area (Å²) in [5.74, 6) is -2.91. The molecule has 0 bridgehead atoms. The number of carboxylic acids is 1. The van der Waals surface area contributed by atoms with Crippen molar-refractivity contribution in [3.8, 4) is 0 Å². The molecule has 7 nitrogen and oxygen atoms in total. The maximum atomic E-state index is 12.7. The Morgan fingerprint density at radius 1 is 0.806 bits per heavy atom. The van der Waals surface area contributed by atoms with Crippen LogP contribution in [0.2, 0.25) is 0 Å². The fraction of sp³-hybridized carbons (Fsp3) is 0.583. The van der Waals surface area contributed by atoms with Crippen molar-refractivity contribution in [2.24, 2.45) is 11.8 Å². The highest BCUT2D eigenvalue weighted by atomic mass is 16.5. The standard InChI is InChI=1S/C24H38O7/c1-17(2)5-7-21(23(28)29)14-20(10-12-26)16-31-24(30)22(8-6-18(3)4)13-19(15-27)9-11-25/h5-6,13-14,21-22,25-27H,7-12,15-16H2,1-4H3,(H,28,29)/t21-,22-/m0/s1. The zero-order chi connectivity index (χ0) is 23.8. The third kappa shape index (κ3) is 13.6. The molecule has 176 valence electrons. The van der Waals surface area contributed by atoms with Crippen molar-refractivity contribution < 1.29 is 34.8 Å². The summed E-state index contributed by atoms with van der Waals surface area (Å²) in [6.45, 7) is 6.88. The maximum Gasteiger partial charge on any atom is 0.313 e. The fourth-order valence-electron chi connectivity index (χ4n) is 2.74. The van der Waals surface area contributed by atoms with Crippen molar-refractivity contribution in [1.29, 1.82) is 0 Å². The molecule has 0 saturated carbocycles. The van der Waals surface area contributed by atoms with E-state index in [1.165, 1.54) is 6.08 Å². The summed E-state index contributed by atoms with van der Waals surface area (Å²) in [6.07, 6.45) is 8.03. The fourth-order valence-corrected chi connectivity index (χ4v) is 2.74. The molecule has 7 heteroatoms. The molecule has 0 aliphatic heterocycles. The van der Waals surface area contributed by atoms with E-state index in [2.05, 4.69) is 0 Å². The van der Waals surface area contributed by atoms with Gasteiger partial charge in [0.05, 0.1) is 18.4 Å². The summed E-state index contributed by atoms with van der Waals surface area (Å²) in [7, 11) is 0. The quantitative estimate of drug-likeness (QED) is 0.229.